The van der Waals surface area contributed by atoms with E-state index in [0.717, 1.165) is 40.8 Å². The molecule has 2 N–H and O–H groups in total. The van der Waals surface area contributed by atoms with Gasteiger partial charge in [0, 0.05) is 24.2 Å². The molecule has 2 aromatic carbocycles. The fraction of sp³-hybridized carbons (Fsp3) is 0.235. The lowest BCUT2D eigenvalue weighted by Gasteiger charge is -2.08. The van der Waals surface area contributed by atoms with Crippen molar-refractivity contribution in [3.05, 3.63) is 53.8 Å². The van der Waals surface area contributed by atoms with Gasteiger partial charge in [-0.05, 0) is 36.6 Å². The van der Waals surface area contributed by atoms with Crippen molar-refractivity contribution < 1.29 is 4.39 Å². The fourth-order valence-electron chi connectivity index (χ4n) is 2.82. The molecule has 0 amide bonds. The van der Waals surface area contributed by atoms with E-state index in [-0.39, 0.29) is 5.82 Å². The molecule has 4 heteroatoms. The van der Waals surface area contributed by atoms with Gasteiger partial charge in [0.1, 0.15) is 11.6 Å². The highest BCUT2D eigenvalue weighted by Crippen LogP contribution is 2.41. The summed E-state index contributed by atoms with van der Waals surface area (Å²) in [6.45, 7) is 0.506. The zero-order valence-electron chi connectivity index (χ0n) is 11.6. The summed E-state index contributed by atoms with van der Waals surface area (Å²) >= 11 is 0. The van der Waals surface area contributed by atoms with Crippen molar-refractivity contribution in [2.75, 3.05) is 0 Å². The van der Waals surface area contributed by atoms with E-state index < -0.39 is 0 Å². The van der Waals surface area contributed by atoms with Crippen LogP contribution in [0.15, 0.2) is 42.5 Å². The van der Waals surface area contributed by atoms with Crippen LogP contribution in [-0.2, 0) is 6.54 Å². The number of hydrogen-bond acceptors (Lipinski definition) is 2. The van der Waals surface area contributed by atoms with Crippen LogP contribution in [0.25, 0.3) is 22.4 Å². The molecular formula is C17H16FN3. The molecule has 1 heterocycles. The monoisotopic (exact) mass is 281 g/mol. The minimum atomic E-state index is -0.245. The molecule has 0 saturated heterocycles. The molecular weight excluding hydrogens is 265 g/mol. The first-order valence-corrected chi connectivity index (χ1v) is 7.23. The second kappa shape index (κ2) is 4.67. The maximum Gasteiger partial charge on any atom is 0.141 e. The summed E-state index contributed by atoms with van der Waals surface area (Å²) in [5, 5.41) is 0. The molecule has 0 atom stereocenters. The molecule has 0 spiro atoms. The Balaban J connectivity index is 1.96. The normalized spacial score (nSPS) is 14.8. The predicted octanol–water partition coefficient (Wildman–Crippen LogP) is 3.64. The van der Waals surface area contributed by atoms with E-state index >= 15 is 0 Å². The number of fused-ring (bicyclic) bond motifs is 1. The van der Waals surface area contributed by atoms with E-state index in [0.29, 0.717) is 12.6 Å². The number of aromatic nitrogens is 2. The van der Waals surface area contributed by atoms with E-state index in [2.05, 4.69) is 15.6 Å². The molecule has 1 fully saturated rings. The molecule has 1 saturated carbocycles. The van der Waals surface area contributed by atoms with Crippen LogP contribution < -0.4 is 5.73 Å². The van der Waals surface area contributed by atoms with E-state index in [1.807, 2.05) is 24.3 Å². The van der Waals surface area contributed by atoms with Crippen molar-refractivity contribution in [2.45, 2.75) is 25.4 Å². The Bertz CT molecular complexity index is 818. The summed E-state index contributed by atoms with van der Waals surface area (Å²) in [6, 6.07) is 13.4. The highest BCUT2D eigenvalue weighted by Gasteiger charge is 2.28. The fourth-order valence-corrected chi connectivity index (χ4v) is 2.82. The van der Waals surface area contributed by atoms with Crippen LogP contribution in [0.4, 0.5) is 4.39 Å². The van der Waals surface area contributed by atoms with Gasteiger partial charge in [0.25, 0.3) is 0 Å². The third-order valence-electron chi connectivity index (χ3n) is 3.98. The third kappa shape index (κ3) is 2.12. The first-order chi connectivity index (χ1) is 10.3. The first kappa shape index (κ1) is 12.5. The van der Waals surface area contributed by atoms with Crippen LogP contribution in [0.1, 0.15) is 24.4 Å². The standard InChI is InChI=1S/C17H16FN3/c18-13-4-7-16-15(9-13)20-17(21(16)14-5-6-14)12-3-1-2-11(8-12)10-19/h1-4,7-9,14H,5-6,10,19H2. The van der Waals surface area contributed by atoms with Crippen molar-refractivity contribution in [2.24, 2.45) is 5.73 Å². The van der Waals surface area contributed by atoms with Gasteiger partial charge in [-0.1, -0.05) is 18.2 Å². The summed E-state index contributed by atoms with van der Waals surface area (Å²) in [6.07, 6.45) is 2.32. The average Bonchev–Trinajstić information content (AvgIpc) is 3.27. The van der Waals surface area contributed by atoms with Gasteiger partial charge in [0.2, 0.25) is 0 Å². The maximum atomic E-state index is 13.4. The Morgan fingerprint density at radius 2 is 2.05 bits per heavy atom. The minimum absolute atomic E-state index is 0.245. The Morgan fingerprint density at radius 1 is 1.19 bits per heavy atom. The van der Waals surface area contributed by atoms with Gasteiger partial charge in [-0.15, -0.1) is 0 Å². The number of nitrogens with zero attached hydrogens (tertiary/aromatic N) is 2. The summed E-state index contributed by atoms with van der Waals surface area (Å²) in [5.41, 5.74) is 9.57. The molecule has 0 radical (unpaired) electrons. The number of hydrogen-bond donors (Lipinski definition) is 1. The van der Waals surface area contributed by atoms with Crippen LogP contribution in [0.2, 0.25) is 0 Å². The van der Waals surface area contributed by atoms with E-state index in [1.54, 1.807) is 0 Å². The molecule has 1 aliphatic carbocycles. The molecule has 0 aliphatic heterocycles. The average molecular weight is 281 g/mol. The Kier molecular flexibility index (Phi) is 2.79. The lowest BCUT2D eigenvalue weighted by Crippen LogP contribution is -1.99. The zero-order valence-corrected chi connectivity index (χ0v) is 11.6. The van der Waals surface area contributed by atoms with Gasteiger partial charge in [0.15, 0.2) is 0 Å². The van der Waals surface area contributed by atoms with Gasteiger partial charge < -0.3 is 10.3 Å². The van der Waals surface area contributed by atoms with Crippen LogP contribution in [-0.4, -0.2) is 9.55 Å². The highest BCUT2D eigenvalue weighted by atomic mass is 19.1. The number of imidazole rings is 1. The van der Waals surface area contributed by atoms with Crippen LogP contribution in [0.3, 0.4) is 0 Å². The van der Waals surface area contributed by atoms with Crippen molar-refractivity contribution >= 4 is 11.0 Å². The molecule has 21 heavy (non-hydrogen) atoms. The lowest BCUT2D eigenvalue weighted by molar-refractivity contribution is 0.629. The largest absolute Gasteiger partial charge is 0.326 e. The summed E-state index contributed by atoms with van der Waals surface area (Å²) in [7, 11) is 0. The molecule has 3 nitrogen and oxygen atoms in total. The molecule has 0 unspecified atom stereocenters. The van der Waals surface area contributed by atoms with Crippen molar-refractivity contribution in [3.8, 4) is 11.4 Å². The number of rotatable bonds is 3. The second-order valence-electron chi connectivity index (χ2n) is 5.57. The predicted molar refractivity (Wildman–Crippen MR) is 81.3 cm³/mol. The van der Waals surface area contributed by atoms with Gasteiger partial charge in [-0.25, -0.2) is 9.37 Å². The lowest BCUT2D eigenvalue weighted by atomic mass is 10.1. The molecule has 106 valence electrons. The minimum Gasteiger partial charge on any atom is -0.326 e. The van der Waals surface area contributed by atoms with Crippen molar-refractivity contribution in [1.29, 1.82) is 0 Å². The van der Waals surface area contributed by atoms with Crippen LogP contribution >= 0.6 is 0 Å². The summed E-state index contributed by atoms with van der Waals surface area (Å²) in [5.74, 6) is 0.665. The molecule has 0 bridgehead atoms. The van der Waals surface area contributed by atoms with Gasteiger partial charge in [-0.3, -0.25) is 0 Å². The topological polar surface area (TPSA) is 43.8 Å². The van der Waals surface area contributed by atoms with E-state index in [4.69, 9.17) is 5.73 Å². The molecule has 3 aromatic rings. The van der Waals surface area contributed by atoms with Crippen LogP contribution in [0.5, 0.6) is 0 Å². The molecule has 1 aliphatic rings. The number of benzene rings is 2. The quantitative estimate of drug-likeness (QED) is 0.796. The van der Waals surface area contributed by atoms with Crippen LogP contribution in [0, 0.1) is 5.82 Å². The van der Waals surface area contributed by atoms with Crippen molar-refractivity contribution in [3.63, 3.8) is 0 Å². The second-order valence-corrected chi connectivity index (χ2v) is 5.57. The first-order valence-electron chi connectivity index (χ1n) is 7.23. The highest BCUT2D eigenvalue weighted by molar-refractivity contribution is 5.81. The van der Waals surface area contributed by atoms with Gasteiger partial charge in [-0.2, -0.15) is 0 Å². The molecule has 4 rings (SSSR count). The SMILES string of the molecule is NCc1cccc(-c2nc3cc(F)ccc3n2C2CC2)c1. The van der Waals surface area contributed by atoms with Gasteiger partial charge >= 0.3 is 0 Å². The smallest absolute Gasteiger partial charge is 0.141 e. The molecule has 1 aromatic heterocycles. The number of nitrogens with two attached hydrogens (primary N) is 1. The van der Waals surface area contributed by atoms with Gasteiger partial charge in [0.05, 0.1) is 11.0 Å². The van der Waals surface area contributed by atoms with E-state index in [1.165, 1.54) is 12.1 Å². The Labute approximate surface area is 122 Å². The zero-order chi connectivity index (χ0) is 14.4. The Morgan fingerprint density at radius 3 is 2.81 bits per heavy atom. The third-order valence-corrected chi connectivity index (χ3v) is 3.98. The Hall–Kier alpha value is -2.20. The maximum absolute atomic E-state index is 13.4. The number of halogens is 1. The summed E-state index contributed by atoms with van der Waals surface area (Å²) in [4.78, 5) is 4.66. The van der Waals surface area contributed by atoms with E-state index in [9.17, 15) is 4.39 Å². The summed E-state index contributed by atoms with van der Waals surface area (Å²) < 4.78 is 15.7. The van der Waals surface area contributed by atoms with Crippen molar-refractivity contribution in [1.82, 2.24) is 9.55 Å².